The molecule has 4 aliphatic rings. The highest BCUT2D eigenvalue weighted by atomic mass is 16.2. The van der Waals surface area contributed by atoms with Gasteiger partial charge in [0.25, 0.3) is 23.6 Å². The number of benzene rings is 2. The third-order valence-electron chi connectivity index (χ3n) is 7.80. The fraction of sp³-hybridized carbons (Fsp3) is 0.212. The second kappa shape index (κ2) is 11.6. The molecule has 6 rings (SSSR count). The molecule has 0 bridgehead atoms. The molecule has 0 N–H and O–H groups in total. The first-order valence-corrected chi connectivity index (χ1v) is 14.0. The highest BCUT2D eigenvalue weighted by Gasteiger charge is 2.34. The maximum absolute atomic E-state index is 12.2. The molecular formula is C33H28N4O6. The zero-order valence-corrected chi connectivity index (χ0v) is 23.2. The van der Waals surface area contributed by atoms with Gasteiger partial charge < -0.3 is 0 Å². The molecule has 0 aromatic heterocycles. The number of carbonyl (C=O) groups is 6. The van der Waals surface area contributed by atoms with Crippen LogP contribution in [-0.4, -0.2) is 57.8 Å². The topological polar surface area (TPSA) is 115 Å². The van der Waals surface area contributed by atoms with Gasteiger partial charge in [0.05, 0.1) is 17.4 Å². The van der Waals surface area contributed by atoms with Gasteiger partial charge in [-0.2, -0.15) is 0 Å². The zero-order chi connectivity index (χ0) is 30.1. The Morgan fingerprint density at radius 2 is 1.02 bits per heavy atom. The van der Waals surface area contributed by atoms with Gasteiger partial charge in [0, 0.05) is 56.8 Å². The van der Waals surface area contributed by atoms with E-state index in [1.54, 1.807) is 24.3 Å². The van der Waals surface area contributed by atoms with Gasteiger partial charge in [0.15, 0.2) is 0 Å². The molecule has 2 aromatic carbocycles. The van der Waals surface area contributed by atoms with Gasteiger partial charge in [-0.3, -0.25) is 38.6 Å². The van der Waals surface area contributed by atoms with Crippen LogP contribution in [-0.2, 0) is 41.9 Å². The summed E-state index contributed by atoms with van der Waals surface area (Å²) in [5.41, 5.74) is 3.99. The van der Waals surface area contributed by atoms with Gasteiger partial charge in [-0.1, -0.05) is 42.5 Å². The molecule has 10 heteroatoms. The molecule has 0 radical (unpaired) electrons. The van der Waals surface area contributed by atoms with Gasteiger partial charge >= 0.3 is 0 Å². The summed E-state index contributed by atoms with van der Waals surface area (Å²) in [6.45, 7) is 1.68. The summed E-state index contributed by atoms with van der Waals surface area (Å²) in [6, 6.07) is 14.3. The van der Waals surface area contributed by atoms with Gasteiger partial charge in [0.1, 0.15) is 0 Å². The van der Waals surface area contributed by atoms with E-state index >= 15 is 0 Å². The van der Waals surface area contributed by atoms with E-state index in [1.807, 2.05) is 36.4 Å². The molecule has 1 atom stereocenters. The molecule has 6 amide bonds. The number of nitrogens with zero attached hydrogens (tertiary/aromatic N) is 4. The van der Waals surface area contributed by atoms with E-state index in [1.165, 1.54) is 29.2 Å². The van der Waals surface area contributed by atoms with Crippen LogP contribution in [0.5, 0.6) is 0 Å². The molecular weight excluding hydrogens is 548 g/mol. The summed E-state index contributed by atoms with van der Waals surface area (Å²) in [4.78, 5) is 78.5. The molecule has 0 saturated carbocycles. The maximum atomic E-state index is 12.2. The summed E-state index contributed by atoms with van der Waals surface area (Å²) >= 11 is 0. The number of likely N-dealkylation sites (tertiary alicyclic amines) is 1. The van der Waals surface area contributed by atoms with E-state index in [0.29, 0.717) is 37.4 Å². The quantitative estimate of drug-likeness (QED) is 0.422. The van der Waals surface area contributed by atoms with Crippen molar-refractivity contribution in [3.05, 3.63) is 108 Å². The molecule has 216 valence electrons. The highest BCUT2D eigenvalue weighted by Crippen LogP contribution is 2.26. The predicted octanol–water partition coefficient (Wildman–Crippen LogP) is 2.95. The lowest BCUT2D eigenvalue weighted by Crippen LogP contribution is -2.38. The van der Waals surface area contributed by atoms with Gasteiger partial charge in [0.2, 0.25) is 11.8 Å². The molecule has 3 aliphatic heterocycles. The number of anilines is 2. The Morgan fingerprint density at radius 1 is 0.581 bits per heavy atom. The van der Waals surface area contributed by atoms with Crippen LogP contribution in [0.15, 0.2) is 96.6 Å². The van der Waals surface area contributed by atoms with E-state index in [-0.39, 0.29) is 54.3 Å². The van der Waals surface area contributed by atoms with Gasteiger partial charge in [-0.05, 0) is 47.4 Å². The minimum absolute atomic E-state index is 0.133. The summed E-state index contributed by atoms with van der Waals surface area (Å²) in [6.07, 6.45) is 12.0. The Balaban J connectivity index is 1.18. The number of carbonyl (C=O) groups excluding carboxylic acids is 6. The third-order valence-corrected chi connectivity index (χ3v) is 7.80. The van der Waals surface area contributed by atoms with Crippen molar-refractivity contribution in [2.75, 3.05) is 16.3 Å². The summed E-state index contributed by atoms with van der Waals surface area (Å²) in [5.74, 6) is -1.76. The van der Waals surface area contributed by atoms with Crippen molar-refractivity contribution in [2.24, 2.45) is 0 Å². The average Bonchev–Trinajstić information content (AvgIpc) is 3.64. The summed E-state index contributed by atoms with van der Waals surface area (Å²) < 4.78 is 0. The smallest absolute Gasteiger partial charge is 0.258 e. The standard InChI is InChI=1S/C33H28N4O6/c38-28-13-14-29(39)35(28)25-7-1-22(2-8-25)19-34(20-23-3-9-26(10-4-23)36-30(40)15-16-31(36)41)21-24-5-11-27(12-6-24)37-32(42)17-18-33(37)43/h1-11,13-16,27H,12,17-21H2. The number of imide groups is 3. The monoisotopic (exact) mass is 576 g/mol. The first-order chi connectivity index (χ1) is 20.8. The van der Waals surface area contributed by atoms with E-state index in [9.17, 15) is 28.8 Å². The van der Waals surface area contributed by atoms with Crippen molar-refractivity contribution in [2.45, 2.75) is 38.4 Å². The molecule has 1 unspecified atom stereocenters. The second-order valence-electron chi connectivity index (χ2n) is 10.8. The second-order valence-corrected chi connectivity index (χ2v) is 10.8. The van der Waals surface area contributed by atoms with E-state index in [0.717, 1.165) is 26.5 Å². The Hall–Kier alpha value is -5.22. The fourth-order valence-corrected chi connectivity index (χ4v) is 5.68. The van der Waals surface area contributed by atoms with Crippen molar-refractivity contribution in [3.63, 3.8) is 0 Å². The molecule has 1 saturated heterocycles. The lowest BCUT2D eigenvalue weighted by atomic mass is 10.0. The first-order valence-electron chi connectivity index (χ1n) is 14.0. The number of hydrogen-bond acceptors (Lipinski definition) is 7. The number of amides is 6. The lowest BCUT2D eigenvalue weighted by molar-refractivity contribution is -0.140. The molecule has 2 aromatic rings. The Kier molecular flexibility index (Phi) is 7.52. The average molecular weight is 577 g/mol. The summed E-state index contributed by atoms with van der Waals surface area (Å²) in [7, 11) is 0. The molecule has 0 spiro atoms. The Labute approximate surface area is 247 Å². The van der Waals surface area contributed by atoms with Crippen LogP contribution < -0.4 is 9.80 Å². The Bertz CT molecular complexity index is 1510. The van der Waals surface area contributed by atoms with Crippen LogP contribution in [0.1, 0.15) is 30.4 Å². The van der Waals surface area contributed by atoms with Gasteiger partial charge in [-0.15, -0.1) is 0 Å². The fourth-order valence-electron chi connectivity index (χ4n) is 5.68. The van der Waals surface area contributed by atoms with Crippen molar-refractivity contribution < 1.29 is 28.8 Å². The largest absolute Gasteiger partial charge is 0.291 e. The Morgan fingerprint density at radius 3 is 1.42 bits per heavy atom. The van der Waals surface area contributed by atoms with Crippen LogP contribution in [0, 0.1) is 0 Å². The predicted molar refractivity (Wildman–Crippen MR) is 157 cm³/mol. The molecule has 1 aliphatic carbocycles. The molecule has 3 heterocycles. The SMILES string of the molecule is O=C1C=CC(=O)N1c1ccc(CN(CC2=CCC(N3C(=O)CCC3=O)C=C2)Cc2ccc(N3C(=O)C=CC3=O)cc2)cc1. The first kappa shape index (κ1) is 27.9. The van der Waals surface area contributed by atoms with Gasteiger partial charge in [-0.25, -0.2) is 9.80 Å². The molecule has 10 nitrogen and oxygen atoms in total. The highest BCUT2D eigenvalue weighted by molar-refractivity contribution is 6.28. The maximum Gasteiger partial charge on any atom is 0.258 e. The lowest BCUT2D eigenvalue weighted by Gasteiger charge is -2.28. The van der Waals surface area contributed by atoms with E-state index in [2.05, 4.69) is 11.0 Å². The van der Waals surface area contributed by atoms with E-state index < -0.39 is 0 Å². The van der Waals surface area contributed by atoms with E-state index in [4.69, 9.17) is 0 Å². The summed E-state index contributed by atoms with van der Waals surface area (Å²) in [5, 5.41) is 0. The normalized spacial score (nSPS) is 20.1. The van der Waals surface area contributed by atoms with Crippen molar-refractivity contribution in [1.82, 2.24) is 9.80 Å². The minimum Gasteiger partial charge on any atom is -0.291 e. The third kappa shape index (κ3) is 5.77. The van der Waals surface area contributed by atoms with Crippen molar-refractivity contribution in [3.8, 4) is 0 Å². The zero-order valence-electron chi connectivity index (χ0n) is 23.2. The van der Waals surface area contributed by atoms with Crippen molar-refractivity contribution >= 4 is 46.8 Å². The van der Waals surface area contributed by atoms with Crippen molar-refractivity contribution in [1.29, 1.82) is 0 Å². The van der Waals surface area contributed by atoms with Crippen LogP contribution >= 0.6 is 0 Å². The van der Waals surface area contributed by atoms with Crippen LogP contribution in [0.25, 0.3) is 0 Å². The van der Waals surface area contributed by atoms with Crippen LogP contribution in [0.2, 0.25) is 0 Å². The van der Waals surface area contributed by atoms with Crippen LogP contribution in [0.3, 0.4) is 0 Å². The molecule has 1 fully saturated rings. The van der Waals surface area contributed by atoms with Crippen LogP contribution in [0.4, 0.5) is 11.4 Å². The number of rotatable bonds is 9. The molecule has 43 heavy (non-hydrogen) atoms. The number of hydrogen-bond donors (Lipinski definition) is 0. The minimum atomic E-state index is -0.373.